The molecule has 0 bridgehead atoms. The fourth-order valence-corrected chi connectivity index (χ4v) is 1.26. The Kier molecular flexibility index (Phi) is 3.29. The Labute approximate surface area is 105 Å². The van der Waals surface area contributed by atoms with Crippen molar-refractivity contribution in [1.29, 1.82) is 0 Å². The van der Waals surface area contributed by atoms with Gasteiger partial charge >= 0.3 is 0 Å². The molecule has 0 spiro atoms. The van der Waals surface area contributed by atoms with Gasteiger partial charge in [0.05, 0.1) is 11.7 Å². The Balaban J connectivity index is 1.98. The fourth-order valence-electron chi connectivity index (χ4n) is 1.26. The number of rotatable bonds is 4. The third kappa shape index (κ3) is 3.04. The van der Waals surface area contributed by atoms with Crippen molar-refractivity contribution in [1.82, 2.24) is 15.1 Å². The zero-order valence-electron chi connectivity index (χ0n) is 10.7. The first-order valence-electron chi connectivity index (χ1n) is 5.62. The summed E-state index contributed by atoms with van der Waals surface area (Å²) in [6.07, 6.45) is 1.65. The molecule has 0 fully saturated rings. The third-order valence-electron chi connectivity index (χ3n) is 2.29. The van der Waals surface area contributed by atoms with Crippen molar-refractivity contribution in [2.75, 3.05) is 0 Å². The number of nitrogens with two attached hydrogens (primary N) is 1. The molecule has 18 heavy (non-hydrogen) atoms. The van der Waals surface area contributed by atoms with Crippen LogP contribution in [0.15, 0.2) is 22.9 Å². The van der Waals surface area contributed by atoms with Crippen LogP contribution >= 0.6 is 0 Å². The maximum absolute atomic E-state index is 5.86. The summed E-state index contributed by atoms with van der Waals surface area (Å²) < 4.78 is 10.5. The van der Waals surface area contributed by atoms with E-state index in [2.05, 4.69) is 15.1 Å². The number of hydrogen-bond acceptors (Lipinski definition) is 6. The predicted molar refractivity (Wildman–Crippen MR) is 64.8 cm³/mol. The van der Waals surface area contributed by atoms with Crippen molar-refractivity contribution in [3.63, 3.8) is 0 Å². The lowest BCUT2D eigenvalue weighted by Crippen LogP contribution is -2.30. The molecule has 2 aromatic heterocycles. The maximum atomic E-state index is 5.86. The number of nitrogens with zero attached hydrogens (tertiary/aromatic N) is 3. The van der Waals surface area contributed by atoms with Crippen LogP contribution in [0.5, 0.6) is 5.75 Å². The van der Waals surface area contributed by atoms with Gasteiger partial charge in [0.25, 0.3) is 5.89 Å². The van der Waals surface area contributed by atoms with Crippen molar-refractivity contribution in [2.45, 2.75) is 32.9 Å². The quantitative estimate of drug-likeness (QED) is 0.883. The zero-order chi connectivity index (χ0) is 13.2. The van der Waals surface area contributed by atoms with Gasteiger partial charge in [-0.3, -0.25) is 4.98 Å². The lowest BCUT2D eigenvalue weighted by Gasteiger charge is -2.11. The summed E-state index contributed by atoms with van der Waals surface area (Å²) in [5, 5.41) is 3.81. The van der Waals surface area contributed by atoms with Gasteiger partial charge in [-0.2, -0.15) is 4.98 Å². The second kappa shape index (κ2) is 4.73. The minimum Gasteiger partial charge on any atom is -0.482 e. The van der Waals surface area contributed by atoms with Gasteiger partial charge in [0.15, 0.2) is 12.4 Å². The highest BCUT2D eigenvalue weighted by atomic mass is 16.5. The van der Waals surface area contributed by atoms with Crippen LogP contribution in [-0.4, -0.2) is 15.1 Å². The molecule has 0 aliphatic rings. The van der Waals surface area contributed by atoms with Crippen LogP contribution < -0.4 is 10.5 Å². The van der Waals surface area contributed by atoms with E-state index in [4.69, 9.17) is 15.0 Å². The number of hydrogen-bond donors (Lipinski definition) is 1. The first-order chi connectivity index (χ1) is 8.45. The molecule has 0 aliphatic carbocycles. The van der Waals surface area contributed by atoms with Crippen LogP contribution in [0, 0.1) is 6.92 Å². The summed E-state index contributed by atoms with van der Waals surface area (Å²) in [7, 11) is 0. The lowest BCUT2D eigenvalue weighted by atomic mass is 10.1. The van der Waals surface area contributed by atoms with Crippen molar-refractivity contribution in [2.24, 2.45) is 5.73 Å². The van der Waals surface area contributed by atoms with E-state index < -0.39 is 5.54 Å². The Morgan fingerprint density at radius 1 is 1.39 bits per heavy atom. The number of pyridine rings is 1. The van der Waals surface area contributed by atoms with Gasteiger partial charge < -0.3 is 15.0 Å². The first-order valence-corrected chi connectivity index (χ1v) is 5.62. The molecule has 2 rings (SSSR count). The van der Waals surface area contributed by atoms with Crippen LogP contribution in [0.3, 0.4) is 0 Å². The van der Waals surface area contributed by atoms with Gasteiger partial charge in [0.2, 0.25) is 0 Å². The van der Waals surface area contributed by atoms with Gasteiger partial charge in [-0.05, 0) is 32.9 Å². The fraction of sp³-hybridized carbons (Fsp3) is 0.417. The van der Waals surface area contributed by atoms with Crippen molar-refractivity contribution in [3.05, 3.63) is 35.7 Å². The SMILES string of the molecule is Cc1ccc(OCc2nc(C(C)(C)N)no2)cn1. The smallest absolute Gasteiger partial charge is 0.264 e. The first kappa shape index (κ1) is 12.5. The van der Waals surface area contributed by atoms with E-state index in [1.807, 2.05) is 32.9 Å². The maximum Gasteiger partial charge on any atom is 0.264 e. The average molecular weight is 248 g/mol. The van der Waals surface area contributed by atoms with E-state index in [0.29, 0.717) is 17.5 Å². The summed E-state index contributed by atoms with van der Waals surface area (Å²) >= 11 is 0. The molecule has 96 valence electrons. The molecule has 0 saturated heterocycles. The molecule has 6 heteroatoms. The van der Waals surface area contributed by atoms with Gasteiger partial charge in [0, 0.05) is 5.69 Å². The Morgan fingerprint density at radius 3 is 2.72 bits per heavy atom. The Morgan fingerprint density at radius 2 is 2.17 bits per heavy atom. The van der Waals surface area contributed by atoms with Crippen LogP contribution in [0.4, 0.5) is 0 Å². The Bertz CT molecular complexity index is 514. The molecule has 0 aliphatic heterocycles. The summed E-state index contributed by atoms with van der Waals surface area (Å²) in [4.78, 5) is 8.29. The summed E-state index contributed by atoms with van der Waals surface area (Å²) in [5.74, 6) is 1.51. The van der Waals surface area contributed by atoms with Gasteiger partial charge in [-0.15, -0.1) is 0 Å². The highest BCUT2D eigenvalue weighted by Gasteiger charge is 2.21. The average Bonchev–Trinajstić information content (AvgIpc) is 2.77. The lowest BCUT2D eigenvalue weighted by molar-refractivity contribution is 0.241. The second-order valence-electron chi connectivity index (χ2n) is 4.66. The molecule has 6 nitrogen and oxygen atoms in total. The summed E-state index contributed by atoms with van der Waals surface area (Å²) in [5.41, 5.74) is 6.18. The zero-order valence-corrected chi connectivity index (χ0v) is 10.7. The Hall–Kier alpha value is -1.95. The van der Waals surface area contributed by atoms with Crippen LogP contribution in [-0.2, 0) is 12.1 Å². The molecule has 2 heterocycles. The predicted octanol–water partition coefficient (Wildman–Crippen LogP) is 1.55. The van der Waals surface area contributed by atoms with Crippen molar-refractivity contribution >= 4 is 0 Å². The molecule has 2 aromatic rings. The van der Waals surface area contributed by atoms with Gasteiger partial charge in [-0.25, -0.2) is 0 Å². The molecule has 0 amide bonds. The van der Waals surface area contributed by atoms with E-state index in [1.165, 1.54) is 0 Å². The van der Waals surface area contributed by atoms with Crippen molar-refractivity contribution in [3.8, 4) is 5.75 Å². The minimum atomic E-state index is -0.618. The highest BCUT2D eigenvalue weighted by molar-refractivity contribution is 5.19. The molecule has 0 aromatic carbocycles. The minimum absolute atomic E-state index is 0.202. The van der Waals surface area contributed by atoms with Crippen LogP contribution in [0.2, 0.25) is 0 Å². The highest BCUT2D eigenvalue weighted by Crippen LogP contribution is 2.14. The molecular weight excluding hydrogens is 232 g/mol. The second-order valence-corrected chi connectivity index (χ2v) is 4.66. The number of ether oxygens (including phenoxy) is 1. The van der Waals surface area contributed by atoms with E-state index in [9.17, 15) is 0 Å². The third-order valence-corrected chi connectivity index (χ3v) is 2.29. The molecule has 0 saturated carbocycles. The molecular formula is C12H16N4O2. The van der Waals surface area contributed by atoms with Crippen molar-refractivity contribution < 1.29 is 9.26 Å². The molecule has 2 N–H and O–H groups in total. The number of aromatic nitrogens is 3. The molecule has 0 unspecified atom stereocenters. The topological polar surface area (TPSA) is 87.1 Å². The van der Waals surface area contributed by atoms with E-state index in [-0.39, 0.29) is 6.61 Å². The van der Waals surface area contributed by atoms with Crippen LogP contribution in [0.25, 0.3) is 0 Å². The van der Waals surface area contributed by atoms with E-state index >= 15 is 0 Å². The van der Waals surface area contributed by atoms with Gasteiger partial charge in [-0.1, -0.05) is 5.16 Å². The largest absolute Gasteiger partial charge is 0.482 e. The van der Waals surface area contributed by atoms with Gasteiger partial charge in [0.1, 0.15) is 5.75 Å². The normalized spacial score (nSPS) is 11.6. The van der Waals surface area contributed by atoms with E-state index in [1.54, 1.807) is 6.20 Å². The monoisotopic (exact) mass is 248 g/mol. The molecule has 0 atom stereocenters. The standard InChI is InChI=1S/C12H16N4O2/c1-8-4-5-9(6-14-8)17-7-10-15-11(16-18-10)12(2,3)13/h4-6H,7,13H2,1-3H3. The van der Waals surface area contributed by atoms with Crippen LogP contribution in [0.1, 0.15) is 31.3 Å². The molecule has 0 radical (unpaired) electrons. The number of aryl methyl sites for hydroxylation is 1. The summed E-state index contributed by atoms with van der Waals surface area (Å²) in [6, 6.07) is 3.71. The van der Waals surface area contributed by atoms with E-state index in [0.717, 1.165) is 5.69 Å². The summed E-state index contributed by atoms with van der Waals surface area (Å²) in [6.45, 7) is 5.74.